The number of rotatable bonds is 5. The van der Waals surface area contributed by atoms with Crippen LogP contribution >= 0.6 is 0 Å². The van der Waals surface area contributed by atoms with Crippen molar-refractivity contribution in [2.45, 2.75) is 43.5 Å². The molecule has 1 aliphatic carbocycles. The first-order chi connectivity index (χ1) is 10.3. The Labute approximate surface area is 132 Å². The van der Waals surface area contributed by atoms with Gasteiger partial charge in [-0.05, 0) is 37.6 Å². The van der Waals surface area contributed by atoms with E-state index in [0.29, 0.717) is 13.0 Å². The van der Waals surface area contributed by atoms with E-state index < -0.39 is 15.7 Å². The second kappa shape index (κ2) is 6.96. The maximum atomic E-state index is 13.8. The number of hydrogen-bond donors (Lipinski definition) is 0. The third kappa shape index (κ3) is 3.98. The number of ether oxygens (including phenoxy) is 1. The van der Waals surface area contributed by atoms with E-state index in [1.807, 2.05) is 18.0 Å². The van der Waals surface area contributed by atoms with Gasteiger partial charge in [0, 0.05) is 18.8 Å². The molecule has 0 radical (unpaired) electrons. The van der Waals surface area contributed by atoms with Crippen LogP contribution in [0.1, 0.15) is 31.2 Å². The van der Waals surface area contributed by atoms with Gasteiger partial charge in [0.15, 0.2) is 21.4 Å². The van der Waals surface area contributed by atoms with Crippen molar-refractivity contribution in [1.29, 1.82) is 0 Å². The van der Waals surface area contributed by atoms with Crippen molar-refractivity contribution in [3.63, 3.8) is 0 Å². The van der Waals surface area contributed by atoms with Crippen LogP contribution in [0.5, 0.6) is 5.75 Å². The zero-order valence-corrected chi connectivity index (χ0v) is 14.2. The molecule has 1 aliphatic rings. The van der Waals surface area contributed by atoms with Crippen LogP contribution in [0.2, 0.25) is 0 Å². The number of nitrogens with zero attached hydrogens (tertiary/aromatic N) is 1. The third-order valence-corrected chi connectivity index (χ3v) is 6.08. The Morgan fingerprint density at radius 2 is 2.00 bits per heavy atom. The van der Waals surface area contributed by atoms with Gasteiger partial charge in [-0.2, -0.15) is 0 Å². The van der Waals surface area contributed by atoms with Gasteiger partial charge in [-0.1, -0.05) is 18.9 Å². The smallest absolute Gasteiger partial charge is 0.165 e. The summed E-state index contributed by atoms with van der Waals surface area (Å²) < 4.78 is 42.7. The summed E-state index contributed by atoms with van der Waals surface area (Å²) in [5.41, 5.74) is 0.818. The Balaban J connectivity index is 2.13. The van der Waals surface area contributed by atoms with E-state index >= 15 is 0 Å². The standard InChI is InChI=1S/C16H24FNO3S/c1-18(11-12-8-9-15(21-2)13(17)10-12)14-6-4-5-7-16(14)22(3,19)20/h8-10,14,16H,4-7,11H2,1-3H3/t14-,16-/m1/s1. The fourth-order valence-electron chi connectivity index (χ4n) is 3.29. The van der Waals surface area contributed by atoms with Gasteiger partial charge in [0.05, 0.1) is 12.4 Å². The van der Waals surface area contributed by atoms with Gasteiger partial charge in [-0.15, -0.1) is 0 Å². The lowest BCUT2D eigenvalue weighted by Crippen LogP contribution is -2.46. The average molecular weight is 329 g/mol. The molecule has 2 atom stereocenters. The molecule has 1 aromatic carbocycles. The van der Waals surface area contributed by atoms with Crippen LogP contribution in [0, 0.1) is 5.82 Å². The van der Waals surface area contributed by atoms with Gasteiger partial charge in [0.2, 0.25) is 0 Å². The third-order valence-electron chi connectivity index (χ3n) is 4.43. The number of methoxy groups -OCH3 is 1. The molecule has 0 spiro atoms. The summed E-state index contributed by atoms with van der Waals surface area (Å²) in [5.74, 6) is -0.171. The topological polar surface area (TPSA) is 46.6 Å². The minimum Gasteiger partial charge on any atom is -0.494 e. The highest BCUT2D eigenvalue weighted by molar-refractivity contribution is 7.91. The van der Waals surface area contributed by atoms with Gasteiger partial charge in [0.25, 0.3) is 0 Å². The molecule has 0 bridgehead atoms. The number of hydrogen-bond acceptors (Lipinski definition) is 4. The first kappa shape index (κ1) is 17.2. The van der Waals surface area contributed by atoms with Crippen LogP contribution < -0.4 is 4.74 Å². The normalized spacial score (nSPS) is 22.8. The highest BCUT2D eigenvalue weighted by Crippen LogP contribution is 2.28. The minimum atomic E-state index is -3.07. The lowest BCUT2D eigenvalue weighted by molar-refractivity contribution is 0.187. The largest absolute Gasteiger partial charge is 0.494 e. The molecule has 124 valence electrons. The molecule has 0 unspecified atom stereocenters. The van der Waals surface area contributed by atoms with Crippen LogP contribution in [0.25, 0.3) is 0 Å². The fourth-order valence-corrected chi connectivity index (χ4v) is 4.80. The zero-order chi connectivity index (χ0) is 16.3. The highest BCUT2D eigenvalue weighted by atomic mass is 32.2. The molecule has 6 heteroatoms. The Hall–Kier alpha value is -1.14. The second-order valence-electron chi connectivity index (χ2n) is 6.10. The molecule has 1 saturated carbocycles. The van der Waals surface area contributed by atoms with E-state index in [2.05, 4.69) is 0 Å². The summed E-state index contributed by atoms with van der Waals surface area (Å²) in [6.45, 7) is 0.525. The van der Waals surface area contributed by atoms with Crippen molar-refractivity contribution in [2.24, 2.45) is 0 Å². The lowest BCUT2D eigenvalue weighted by atomic mass is 9.93. The van der Waals surface area contributed by atoms with Crippen molar-refractivity contribution in [3.05, 3.63) is 29.6 Å². The summed E-state index contributed by atoms with van der Waals surface area (Å²) in [4.78, 5) is 2.03. The number of halogens is 1. The van der Waals surface area contributed by atoms with Crippen LogP contribution in [0.15, 0.2) is 18.2 Å². The van der Waals surface area contributed by atoms with E-state index in [1.165, 1.54) is 19.4 Å². The Kier molecular flexibility index (Phi) is 5.45. The van der Waals surface area contributed by atoms with Gasteiger partial charge in [-0.25, -0.2) is 12.8 Å². The molecule has 0 amide bonds. The molecule has 4 nitrogen and oxygen atoms in total. The zero-order valence-electron chi connectivity index (χ0n) is 13.4. The fraction of sp³-hybridized carbons (Fsp3) is 0.625. The van der Waals surface area contributed by atoms with Crippen LogP contribution in [-0.2, 0) is 16.4 Å². The Morgan fingerprint density at radius 1 is 1.32 bits per heavy atom. The Morgan fingerprint density at radius 3 is 2.59 bits per heavy atom. The summed E-state index contributed by atoms with van der Waals surface area (Å²) >= 11 is 0. The summed E-state index contributed by atoms with van der Waals surface area (Å²) in [7, 11) is 0.280. The maximum Gasteiger partial charge on any atom is 0.165 e. The van der Waals surface area contributed by atoms with E-state index in [0.717, 1.165) is 24.8 Å². The lowest BCUT2D eigenvalue weighted by Gasteiger charge is -2.37. The molecule has 22 heavy (non-hydrogen) atoms. The van der Waals surface area contributed by atoms with E-state index in [4.69, 9.17) is 4.74 Å². The van der Waals surface area contributed by atoms with Gasteiger partial charge in [0.1, 0.15) is 0 Å². The van der Waals surface area contributed by atoms with Crippen molar-refractivity contribution >= 4 is 9.84 Å². The van der Waals surface area contributed by atoms with Gasteiger partial charge in [-0.3, -0.25) is 4.90 Å². The van der Waals surface area contributed by atoms with E-state index in [-0.39, 0.29) is 17.0 Å². The molecule has 0 N–H and O–H groups in total. The van der Waals surface area contributed by atoms with Crippen molar-refractivity contribution < 1.29 is 17.5 Å². The highest BCUT2D eigenvalue weighted by Gasteiger charge is 2.35. The molecule has 1 aromatic rings. The SMILES string of the molecule is COc1ccc(CN(C)[C@@H]2CCCC[C@H]2S(C)(=O)=O)cc1F. The maximum absolute atomic E-state index is 13.8. The molecular formula is C16H24FNO3S. The monoisotopic (exact) mass is 329 g/mol. The molecular weight excluding hydrogens is 305 g/mol. The van der Waals surface area contributed by atoms with Crippen LogP contribution in [-0.4, -0.2) is 45.0 Å². The van der Waals surface area contributed by atoms with E-state index in [1.54, 1.807) is 6.07 Å². The minimum absolute atomic E-state index is 0.00564. The molecule has 0 aromatic heterocycles. The Bertz CT molecular complexity index is 618. The van der Waals surface area contributed by atoms with Gasteiger partial charge < -0.3 is 4.74 Å². The van der Waals surface area contributed by atoms with Crippen molar-refractivity contribution in [1.82, 2.24) is 4.90 Å². The summed E-state index contributed by atoms with van der Waals surface area (Å²) in [5, 5.41) is -0.325. The predicted octanol–water partition coefficient (Wildman–Crippen LogP) is 2.62. The van der Waals surface area contributed by atoms with Crippen LogP contribution in [0.3, 0.4) is 0 Å². The number of benzene rings is 1. The first-order valence-electron chi connectivity index (χ1n) is 7.54. The molecule has 0 aliphatic heterocycles. The summed E-state index contributed by atoms with van der Waals surface area (Å²) in [6.07, 6.45) is 4.89. The first-order valence-corrected chi connectivity index (χ1v) is 9.50. The predicted molar refractivity (Wildman–Crippen MR) is 85.3 cm³/mol. The van der Waals surface area contributed by atoms with Gasteiger partial charge >= 0.3 is 0 Å². The summed E-state index contributed by atoms with van der Waals surface area (Å²) in [6, 6.07) is 4.87. The van der Waals surface area contributed by atoms with Crippen LogP contribution in [0.4, 0.5) is 4.39 Å². The molecule has 1 fully saturated rings. The quantitative estimate of drug-likeness (QED) is 0.833. The van der Waals surface area contributed by atoms with Crippen molar-refractivity contribution in [2.75, 3.05) is 20.4 Å². The average Bonchev–Trinajstić information content (AvgIpc) is 2.46. The van der Waals surface area contributed by atoms with Crippen molar-refractivity contribution in [3.8, 4) is 5.75 Å². The number of sulfone groups is 1. The molecule has 2 rings (SSSR count). The molecule has 0 saturated heterocycles. The van der Waals surface area contributed by atoms with E-state index in [9.17, 15) is 12.8 Å². The molecule has 0 heterocycles. The second-order valence-corrected chi connectivity index (χ2v) is 8.37.